The van der Waals surface area contributed by atoms with Crippen molar-refractivity contribution in [2.75, 3.05) is 0 Å². The summed E-state index contributed by atoms with van der Waals surface area (Å²) in [5, 5.41) is 4.04. The van der Waals surface area contributed by atoms with Crippen molar-refractivity contribution >= 4 is 60.6 Å². The van der Waals surface area contributed by atoms with Crippen LogP contribution >= 0.6 is 11.3 Å². The second kappa shape index (κ2) is 42.7. The minimum atomic E-state index is 0.104. The molecule has 5 aromatic heterocycles. The van der Waals surface area contributed by atoms with Crippen LogP contribution in [0.15, 0.2) is 108 Å². The maximum absolute atomic E-state index is 10.8. The van der Waals surface area contributed by atoms with Gasteiger partial charge >= 0.3 is 0 Å². The molecular weight excluding hydrogens is 1090 g/mol. The number of para-hydroxylation sites is 7. The third kappa shape index (κ3) is 34.3. The number of nitrogens with zero attached hydrogens (tertiary/aromatic N) is 6. The highest BCUT2D eigenvalue weighted by Crippen LogP contribution is 2.28. The predicted octanol–water partition coefficient (Wildman–Crippen LogP) is 23.3. The number of H-pyrrole nitrogens is 2. The van der Waals surface area contributed by atoms with Crippen LogP contribution in [0.4, 0.5) is 0 Å². The maximum atomic E-state index is 10.8. The smallest absolute Gasteiger partial charge is 0.222 e. The number of imidazole rings is 3. The van der Waals surface area contributed by atoms with Gasteiger partial charge in [0.05, 0.1) is 37.3 Å². The lowest BCUT2D eigenvalue weighted by molar-refractivity contribution is -0.124. The number of carbonyl (C=O) groups excluding carboxylic acids is 1. The third-order valence-corrected chi connectivity index (χ3v) is 12.3. The van der Waals surface area contributed by atoms with E-state index in [4.69, 9.17) is 9.40 Å². The lowest BCUT2D eigenvalue weighted by Gasteiger charge is -2.14. The van der Waals surface area contributed by atoms with Gasteiger partial charge in [-0.1, -0.05) is 229 Å². The van der Waals surface area contributed by atoms with Gasteiger partial charge < -0.3 is 24.3 Å². The average Bonchev–Trinajstić information content (AvgIpc) is 2.08. The molecule has 0 aliphatic heterocycles. The van der Waals surface area contributed by atoms with E-state index in [1.54, 1.807) is 11.3 Å². The Morgan fingerprint density at radius 3 is 1.32 bits per heavy atom. The molecule has 1 amide bonds. The van der Waals surface area contributed by atoms with Crippen molar-refractivity contribution in [1.29, 1.82) is 0 Å². The Balaban J connectivity index is 0.000000975. The molecule has 0 saturated carbocycles. The van der Waals surface area contributed by atoms with Crippen LogP contribution in [0, 0.1) is 29.6 Å². The van der Waals surface area contributed by atoms with Gasteiger partial charge in [0.2, 0.25) is 5.91 Å². The quantitative estimate of drug-likeness (QED) is 0.131. The Bertz CT molecular complexity index is 2830. The monoisotopic (exact) mass is 1210 g/mol. The first-order valence-electron chi connectivity index (χ1n) is 32.5. The molecule has 0 aliphatic carbocycles. The molecule has 0 spiro atoms. The van der Waals surface area contributed by atoms with E-state index in [-0.39, 0.29) is 17.9 Å². The van der Waals surface area contributed by atoms with E-state index in [9.17, 15) is 4.79 Å². The number of oxazole rings is 1. The van der Waals surface area contributed by atoms with Crippen LogP contribution in [0.2, 0.25) is 0 Å². The van der Waals surface area contributed by atoms with E-state index < -0.39 is 0 Å². The largest absolute Gasteiger partial charge is 0.440 e. The van der Waals surface area contributed by atoms with Crippen molar-refractivity contribution < 1.29 is 9.21 Å². The van der Waals surface area contributed by atoms with Crippen molar-refractivity contribution in [3.05, 3.63) is 137 Å². The van der Waals surface area contributed by atoms with Crippen LogP contribution in [-0.2, 0) is 4.79 Å². The van der Waals surface area contributed by atoms with Crippen molar-refractivity contribution in [1.82, 2.24) is 44.8 Å². The molecule has 0 bridgehead atoms. The van der Waals surface area contributed by atoms with Gasteiger partial charge in [-0.2, -0.15) is 0 Å². The second-order valence-corrected chi connectivity index (χ2v) is 28.6. The van der Waals surface area contributed by atoms with Gasteiger partial charge in [-0.05, 0) is 106 Å². The summed E-state index contributed by atoms with van der Waals surface area (Å²) in [7, 11) is 0. The topological polar surface area (TPSA) is 143 Å². The summed E-state index contributed by atoms with van der Waals surface area (Å²) in [5.41, 5.74) is 8.72. The summed E-state index contributed by atoms with van der Waals surface area (Å²) >= 11 is 1.79. The van der Waals surface area contributed by atoms with E-state index in [0.717, 1.165) is 74.4 Å². The molecule has 4 aromatic carbocycles. The molecule has 0 atom stereocenters. The molecule has 0 radical (unpaired) electrons. The first-order valence-corrected chi connectivity index (χ1v) is 33.3. The van der Waals surface area contributed by atoms with E-state index in [0.29, 0.717) is 41.5 Å². The molecule has 5 heterocycles. The van der Waals surface area contributed by atoms with Crippen LogP contribution in [-0.4, -0.2) is 51.4 Å². The zero-order valence-electron chi connectivity index (χ0n) is 60.2. The molecular formula is C75H123N9O2S. The molecule has 9 rings (SSSR count). The van der Waals surface area contributed by atoms with Gasteiger partial charge in [0.15, 0.2) is 11.5 Å². The zero-order valence-corrected chi connectivity index (χ0v) is 61.0. The number of benzene rings is 4. The molecule has 3 N–H and O–H groups in total. The summed E-state index contributed by atoms with van der Waals surface area (Å²) in [4.78, 5) is 39.7. The first-order chi connectivity index (χ1) is 40.5. The second-order valence-electron chi connectivity index (χ2n) is 27.5. The van der Waals surface area contributed by atoms with Crippen LogP contribution in [0.25, 0.3) is 43.4 Å². The van der Waals surface area contributed by atoms with E-state index in [1.165, 1.54) is 26.7 Å². The summed E-state index contributed by atoms with van der Waals surface area (Å²) in [6, 6.07) is 33.3. The average molecular weight is 1210 g/mol. The van der Waals surface area contributed by atoms with Gasteiger partial charge in [0.1, 0.15) is 23.0 Å². The molecule has 486 valence electrons. The number of amides is 1. The number of carbonyl (C=O) groups is 1. The minimum absolute atomic E-state index is 0.104. The van der Waals surface area contributed by atoms with Gasteiger partial charge in [0, 0.05) is 59.5 Å². The number of rotatable bonds is 9. The zero-order chi connectivity index (χ0) is 66.8. The Morgan fingerprint density at radius 1 is 0.460 bits per heavy atom. The van der Waals surface area contributed by atoms with E-state index in [2.05, 4.69) is 256 Å². The van der Waals surface area contributed by atoms with Crippen molar-refractivity contribution in [3.8, 4) is 0 Å². The molecule has 9 aromatic rings. The Labute approximate surface area is 534 Å². The molecule has 0 aliphatic rings. The number of thiazole rings is 1. The summed E-state index contributed by atoms with van der Waals surface area (Å²) in [5.74, 6) is 10.6. The molecule has 0 unspecified atom stereocenters. The first kappa shape index (κ1) is 80.9. The van der Waals surface area contributed by atoms with E-state index in [1.807, 2.05) is 94.6 Å². The Kier molecular flexibility index (Phi) is 39.7. The number of hydrogen-bond donors (Lipinski definition) is 3. The highest BCUT2D eigenvalue weighted by atomic mass is 32.1. The lowest BCUT2D eigenvalue weighted by atomic mass is 10.1. The van der Waals surface area contributed by atoms with E-state index >= 15 is 0 Å². The lowest BCUT2D eigenvalue weighted by Crippen LogP contribution is -2.33. The van der Waals surface area contributed by atoms with Crippen LogP contribution in [0.3, 0.4) is 0 Å². The fraction of sp³-hybridized carbons (Fsp3) is 0.573. The normalized spacial score (nSPS) is 10.9. The summed E-state index contributed by atoms with van der Waals surface area (Å²) < 4.78 is 9.14. The van der Waals surface area contributed by atoms with Gasteiger partial charge in [-0.25, -0.2) is 24.9 Å². The van der Waals surface area contributed by atoms with Crippen molar-refractivity contribution in [2.45, 2.75) is 255 Å². The van der Waals surface area contributed by atoms with Gasteiger partial charge in [-0.3, -0.25) is 4.79 Å². The Morgan fingerprint density at radius 2 is 0.931 bits per heavy atom. The molecule has 0 fully saturated rings. The summed E-state index contributed by atoms with van der Waals surface area (Å²) in [6.45, 7) is 63.9. The SMILES string of the molecule is CC(C)C.CC(C)C.CC(C)C.CC(C)C.CC(C)NC(=O)C(C)C.CC(C)c1cnc(C(C)C)[nH]1.CC(C)c1nc2ccccc2[nH]1.CC(C)c1nc2ccccc2n1C(C)C.CC(C)c1nc2ccccc2o1.CC(C)c1nc2ccccc2s1. The number of nitrogens with one attached hydrogen (secondary N) is 3. The molecule has 0 saturated heterocycles. The van der Waals surface area contributed by atoms with Crippen LogP contribution in [0.5, 0.6) is 0 Å². The maximum Gasteiger partial charge on any atom is 0.222 e. The fourth-order valence-electron chi connectivity index (χ4n) is 6.92. The number of aromatic nitrogens is 8. The predicted molar refractivity (Wildman–Crippen MR) is 383 cm³/mol. The third-order valence-electron chi connectivity index (χ3n) is 11.0. The number of aromatic amines is 2. The van der Waals surface area contributed by atoms with Crippen molar-refractivity contribution in [2.24, 2.45) is 29.6 Å². The highest BCUT2D eigenvalue weighted by Gasteiger charge is 2.15. The van der Waals surface area contributed by atoms with Gasteiger partial charge in [-0.15, -0.1) is 11.3 Å². The van der Waals surface area contributed by atoms with Crippen LogP contribution < -0.4 is 5.32 Å². The number of hydrogen-bond acceptors (Lipinski definition) is 8. The standard InChI is InChI=1S/C13H18N2.C10H12N2.C10H11NO.C10H11NS.C9H16N2.C7H15NO.4C4H10/c1-9(2)13-14-11-7-5-6-8-12(11)15(13)10(3)4;3*1-7(2)10-11-8-5-3-4-6-9(8)12-10;1-6(2)8-5-10-9(11-8)7(3)4;1-5(2)7(9)8-6(3)4;4*1-4(2)3/h5-10H,1-4H3;3-7H,1-2H3,(H,11,12);2*3-7H,1-2H3;5-7H,1-4H3,(H,10,11);5-6H,1-4H3,(H,8,9);4*4H,1-3H3. The minimum Gasteiger partial charge on any atom is -0.440 e. The van der Waals surface area contributed by atoms with Gasteiger partial charge in [0.25, 0.3) is 0 Å². The van der Waals surface area contributed by atoms with Crippen LogP contribution in [0.1, 0.15) is 283 Å². The molecule has 12 heteroatoms. The van der Waals surface area contributed by atoms with Crippen molar-refractivity contribution in [3.63, 3.8) is 0 Å². The molecule has 87 heavy (non-hydrogen) atoms. The molecule has 11 nitrogen and oxygen atoms in total. The summed E-state index contributed by atoms with van der Waals surface area (Å²) in [6.07, 6.45) is 1.93. The fourth-order valence-corrected chi connectivity index (χ4v) is 7.89. The Hall–Kier alpha value is -6.14. The highest BCUT2D eigenvalue weighted by molar-refractivity contribution is 7.18. The number of fused-ring (bicyclic) bond motifs is 4.